The van der Waals surface area contributed by atoms with Gasteiger partial charge in [0.1, 0.15) is 5.82 Å². The van der Waals surface area contributed by atoms with E-state index in [1.807, 2.05) is 0 Å². The minimum absolute atomic E-state index is 0.0270. The molecule has 0 unspecified atom stereocenters. The molecule has 5 nitrogen and oxygen atoms in total. The molecule has 0 saturated carbocycles. The Labute approximate surface area is 119 Å². The van der Waals surface area contributed by atoms with Gasteiger partial charge >= 0.3 is 0 Å². The standard InChI is InChI=1S/C13H20FN3O2S/c1-11-3-2-4-12(14)13(11)16-20(18,19)10-9-17-7-5-15-6-8-17/h2-4,15-16H,5-10H2,1H3. The van der Waals surface area contributed by atoms with E-state index in [9.17, 15) is 12.8 Å². The molecule has 0 amide bonds. The molecule has 2 N–H and O–H groups in total. The third-order valence-corrected chi connectivity index (χ3v) is 4.60. The zero-order valence-electron chi connectivity index (χ0n) is 11.5. The molecule has 112 valence electrons. The highest BCUT2D eigenvalue weighted by Gasteiger charge is 2.17. The number of halogens is 1. The average Bonchev–Trinajstić information content (AvgIpc) is 2.42. The van der Waals surface area contributed by atoms with Gasteiger partial charge in [-0.15, -0.1) is 0 Å². The van der Waals surface area contributed by atoms with E-state index in [0.29, 0.717) is 12.1 Å². The van der Waals surface area contributed by atoms with E-state index in [1.54, 1.807) is 19.1 Å². The monoisotopic (exact) mass is 301 g/mol. The van der Waals surface area contributed by atoms with E-state index in [-0.39, 0.29) is 11.4 Å². The van der Waals surface area contributed by atoms with E-state index in [1.165, 1.54) is 6.07 Å². The molecule has 1 aliphatic heterocycles. The molecule has 1 aromatic carbocycles. The lowest BCUT2D eigenvalue weighted by atomic mass is 10.2. The van der Waals surface area contributed by atoms with E-state index >= 15 is 0 Å². The molecule has 1 aliphatic rings. The average molecular weight is 301 g/mol. The second-order valence-corrected chi connectivity index (χ2v) is 6.79. The van der Waals surface area contributed by atoms with Gasteiger partial charge in [-0.1, -0.05) is 12.1 Å². The van der Waals surface area contributed by atoms with Crippen molar-refractivity contribution in [2.24, 2.45) is 0 Å². The van der Waals surface area contributed by atoms with E-state index in [4.69, 9.17) is 0 Å². The lowest BCUT2D eigenvalue weighted by molar-refractivity contribution is 0.254. The number of rotatable bonds is 5. The summed E-state index contributed by atoms with van der Waals surface area (Å²) in [6.07, 6.45) is 0. The Morgan fingerprint density at radius 2 is 2.05 bits per heavy atom. The first kappa shape index (κ1) is 15.2. The molecule has 0 radical (unpaired) electrons. The summed E-state index contributed by atoms with van der Waals surface area (Å²) in [6, 6.07) is 4.49. The van der Waals surface area contributed by atoms with Gasteiger partial charge in [-0.3, -0.25) is 9.62 Å². The molecular weight excluding hydrogens is 281 g/mol. The zero-order valence-corrected chi connectivity index (χ0v) is 12.3. The van der Waals surface area contributed by atoms with Gasteiger partial charge < -0.3 is 5.32 Å². The first-order valence-corrected chi connectivity index (χ1v) is 8.32. The molecule has 20 heavy (non-hydrogen) atoms. The predicted octanol–water partition coefficient (Wildman–Crippen LogP) is 0.781. The van der Waals surface area contributed by atoms with Crippen LogP contribution in [0.15, 0.2) is 18.2 Å². The van der Waals surface area contributed by atoms with Crippen LogP contribution in [0.3, 0.4) is 0 Å². The van der Waals surface area contributed by atoms with Gasteiger partial charge in [-0.05, 0) is 18.6 Å². The van der Waals surface area contributed by atoms with Gasteiger partial charge in [-0.25, -0.2) is 12.8 Å². The molecule has 2 rings (SSSR count). The number of nitrogens with one attached hydrogen (secondary N) is 2. The molecular formula is C13H20FN3O2S. The topological polar surface area (TPSA) is 61.4 Å². The number of benzene rings is 1. The van der Waals surface area contributed by atoms with Crippen LogP contribution in [-0.4, -0.2) is 51.8 Å². The lowest BCUT2D eigenvalue weighted by Gasteiger charge is -2.27. The van der Waals surface area contributed by atoms with Gasteiger partial charge in [0.15, 0.2) is 0 Å². The van der Waals surface area contributed by atoms with Crippen molar-refractivity contribution < 1.29 is 12.8 Å². The largest absolute Gasteiger partial charge is 0.314 e. The number of hydrogen-bond donors (Lipinski definition) is 2. The van der Waals surface area contributed by atoms with Crippen LogP contribution in [0.5, 0.6) is 0 Å². The van der Waals surface area contributed by atoms with Gasteiger partial charge in [0, 0.05) is 32.7 Å². The fourth-order valence-electron chi connectivity index (χ4n) is 2.15. The van der Waals surface area contributed by atoms with Crippen LogP contribution in [0.2, 0.25) is 0 Å². The second kappa shape index (κ2) is 6.51. The number of aryl methyl sites for hydroxylation is 1. The zero-order chi connectivity index (χ0) is 14.6. The van der Waals surface area contributed by atoms with Crippen molar-refractivity contribution in [3.05, 3.63) is 29.6 Å². The van der Waals surface area contributed by atoms with Crippen LogP contribution in [0.1, 0.15) is 5.56 Å². The molecule has 1 heterocycles. The Hall–Kier alpha value is -1.18. The van der Waals surface area contributed by atoms with Crippen molar-refractivity contribution in [2.75, 3.05) is 43.2 Å². The lowest BCUT2D eigenvalue weighted by Crippen LogP contribution is -2.45. The normalized spacial score (nSPS) is 17.1. The summed E-state index contributed by atoms with van der Waals surface area (Å²) < 4.78 is 40.0. The number of piperazine rings is 1. The minimum Gasteiger partial charge on any atom is -0.314 e. The maximum absolute atomic E-state index is 13.6. The van der Waals surface area contributed by atoms with E-state index < -0.39 is 15.8 Å². The fourth-order valence-corrected chi connectivity index (χ4v) is 3.32. The van der Waals surface area contributed by atoms with Crippen molar-refractivity contribution in [2.45, 2.75) is 6.92 Å². The Morgan fingerprint density at radius 1 is 1.35 bits per heavy atom. The first-order chi connectivity index (χ1) is 9.48. The summed E-state index contributed by atoms with van der Waals surface area (Å²) in [6.45, 7) is 5.57. The van der Waals surface area contributed by atoms with Crippen molar-refractivity contribution in [3.63, 3.8) is 0 Å². The third kappa shape index (κ3) is 4.16. The second-order valence-electron chi connectivity index (χ2n) is 4.94. The maximum Gasteiger partial charge on any atom is 0.234 e. The number of sulfonamides is 1. The molecule has 0 bridgehead atoms. The van der Waals surface area contributed by atoms with Crippen molar-refractivity contribution in [3.8, 4) is 0 Å². The molecule has 0 aromatic heterocycles. The number of para-hydroxylation sites is 1. The quantitative estimate of drug-likeness (QED) is 0.844. The summed E-state index contributed by atoms with van der Waals surface area (Å²) in [5.74, 6) is -0.573. The van der Waals surface area contributed by atoms with Gasteiger partial charge in [-0.2, -0.15) is 0 Å². The van der Waals surface area contributed by atoms with Crippen LogP contribution in [-0.2, 0) is 10.0 Å². The molecule has 0 aliphatic carbocycles. The van der Waals surface area contributed by atoms with Crippen LogP contribution < -0.4 is 10.0 Å². The Balaban J connectivity index is 1.96. The molecule has 7 heteroatoms. The molecule has 0 spiro atoms. The van der Waals surface area contributed by atoms with E-state index in [2.05, 4.69) is 14.9 Å². The third-order valence-electron chi connectivity index (χ3n) is 3.37. The first-order valence-electron chi connectivity index (χ1n) is 6.66. The number of anilines is 1. The summed E-state index contributed by atoms with van der Waals surface area (Å²) in [7, 11) is -3.53. The Kier molecular flexibility index (Phi) is 4.95. The summed E-state index contributed by atoms with van der Waals surface area (Å²) in [4.78, 5) is 2.09. The highest BCUT2D eigenvalue weighted by atomic mass is 32.2. The van der Waals surface area contributed by atoms with Crippen LogP contribution in [0, 0.1) is 12.7 Å². The fraction of sp³-hybridized carbons (Fsp3) is 0.538. The molecule has 1 fully saturated rings. The smallest absolute Gasteiger partial charge is 0.234 e. The van der Waals surface area contributed by atoms with Gasteiger partial charge in [0.2, 0.25) is 10.0 Å². The van der Waals surface area contributed by atoms with Crippen LogP contribution in [0.25, 0.3) is 0 Å². The van der Waals surface area contributed by atoms with Gasteiger partial charge in [0.05, 0.1) is 11.4 Å². The summed E-state index contributed by atoms with van der Waals surface area (Å²) in [5, 5.41) is 3.21. The van der Waals surface area contributed by atoms with Crippen molar-refractivity contribution >= 4 is 15.7 Å². The highest BCUT2D eigenvalue weighted by Crippen LogP contribution is 2.20. The molecule has 0 atom stereocenters. The highest BCUT2D eigenvalue weighted by molar-refractivity contribution is 7.92. The van der Waals surface area contributed by atoms with Crippen molar-refractivity contribution in [1.29, 1.82) is 0 Å². The molecule has 1 saturated heterocycles. The summed E-state index contributed by atoms with van der Waals surface area (Å²) >= 11 is 0. The SMILES string of the molecule is Cc1cccc(F)c1NS(=O)(=O)CCN1CCNCC1. The van der Waals surface area contributed by atoms with Crippen LogP contribution in [0.4, 0.5) is 10.1 Å². The van der Waals surface area contributed by atoms with Crippen molar-refractivity contribution in [1.82, 2.24) is 10.2 Å². The number of hydrogen-bond acceptors (Lipinski definition) is 4. The summed E-state index contributed by atoms with van der Waals surface area (Å²) in [5.41, 5.74) is 0.628. The Bertz CT molecular complexity index is 536. The van der Waals surface area contributed by atoms with Crippen LogP contribution >= 0.6 is 0 Å². The maximum atomic E-state index is 13.6. The molecule has 1 aromatic rings. The Morgan fingerprint density at radius 3 is 2.70 bits per heavy atom. The van der Waals surface area contributed by atoms with Gasteiger partial charge in [0.25, 0.3) is 0 Å². The minimum atomic E-state index is -3.53. The van der Waals surface area contributed by atoms with E-state index in [0.717, 1.165) is 26.2 Å². The number of nitrogens with zero attached hydrogens (tertiary/aromatic N) is 1. The predicted molar refractivity (Wildman–Crippen MR) is 77.9 cm³/mol.